The number of carbonyl (C=O) groups excluding carboxylic acids is 1. The van der Waals surface area contributed by atoms with Crippen molar-refractivity contribution >= 4 is 33.1 Å². The summed E-state index contributed by atoms with van der Waals surface area (Å²) < 4.78 is 10.9. The lowest BCUT2D eigenvalue weighted by molar-refractivity contribution is -0.118. The molecule has 0 radical (unpaired) electrons. The van der Waals surface area contributed by atoms with Gasteiger partial charge in [0.15, 0.2) is 6.61 Å². The van der Waals surface area contributed by atoms with Gasteiger partial charge in [-0.1, -0.05) is 6.92 Å². The summed E-state index contributed by atoms with van der Waals surface area (Å²) in [6, 6.07) is 7.16. The summed E-state index contributed by atoms with van der Waals surface area (Å²) in [5.74, 6) is 1.70. The summed E-state index contributed by atoms with van der Waals surface area (Å²) in [5.41, 5.74) is 1.98. The first-order valence-corrected chi connectivity index (χ1v) is 9.77. The molecule has 1 unspecified atom stereocenters. The first kappa shape index (κ1) is 17.7. The number of anilines is 1. The number of aryl methyl sites for hydroxylation is 1. The van der Waals surface area contributed by atoms with Crippen LogP contribution in [0.1, 0.15) is 23.8 Å². The summed E-state index contributed by atoms with van der Waals surface area (Å²) >= 11 is 1.71. The van der Waals surface area contributed by atoms with Gasteiger partial charge in [-0.2, -0.15) is 0 Å². The number of carbonyl (C=O) groups is 1. The van der Waals surface area contributed by atoms with Crippen LogP contribution in [0.15, 0.2) is 30.6 Å². The molecule has 0 saturated heterocycles. The van der Waals surface area contributed by atoms with E-state index in [9.17, 15) is 4.79 Å². The third kappa shape index (κ3) is 3.73. The molecule has 6 nitrogen and oxygen atoms in total. The maximum absolute atomic E-state index is 12.2. The van der Waals surface area contributed by atoms with Gasteiger partial charge in [-0.05, 0) is 55.0 Å². The first-order valence-electron chi connectivity index (χ1n) is 8.96. The number of fused-ring (bicyclic) bond motifs is 3. The standard InChI is InChI=1S/C20H21N3O3S/c1-12-3-8-15-16(9-12)27-20-18(15)19(21-11-22-20)26-10-17(24)23-13-4-6-14(25-2)7-5-13/h4-7,11-12H,3,8-10H2,1-2H3,(H,23,24). The molecule has 1 amide bonds. The Bertz CT molecular complexity index is 969. The summed E-state index contributed by atoms with van der Waals surface area (Å²) in [6.45, 7) is 2.18. The molecule has 27 heavy (non-hydrogen) atoms. The van der Waals surface area contributed by atoms with Crippen LogP contribution in [0, 0.1) is 5.92 Å². The van der Waals surface area contributed by atoms with Gasteiger partial charge in [0.1, 0.15) is 16.9 Å². The quantitative estimate of drug-likeness (QED) is 0.725. The second-order valence-corrected chi connectivity index (χ2v) is 7.86. The molecular formula is C20H21N3O3S. The van der Waals surface area contributed by atoms with Gasteiger partial charge in [-0.3, -0.25) is 4.79 Å². The number of nitrogens with one attached hydrogen (secondary N) is 1. The van der Waals surface area contributed by atoms with Crippen LogP contribution in [-0.4, -0.2) is 29.6 Å². The number of ether oxygens (including phenoxy) is 2. The zero-order valence-electron chi connectivity index (χ0n) is 15.3. The van der Waals surface area contributed by atoms with Crippen LogP contribution in [-0.2, 0) is 17.6 Å². The Balaban J connectivity index is 1.47. The molecule has 140 valence electrons. The summed E-state index contributed by atoms with van der Waals surface area (Å²) in [6.07, 6.45) is 4.75. The molecule has 3 aromatic rings. The van der Waals surface area contributed by atoms with Crippen LogP contribution in [0.5, 0.6) is 11.6 Å². The number of amides is 1. The molecule has 0 saturated carbocycles. The lowest BCUT2D eigenvalue weighted by atomic mass is 9.89. The first-order chi connectivity index (χ1) is 13.1. The predicted molar refractivity (Wildman–Crippen MR) is 106 cm³/mol. The van der Waals surface area contributed by atoms with Gasteiger partial charge >= 0.3 is 0 Å². The average molecular weight is 383 g/mol. The van der Waals surface area contributed by atoms with Crippen molar-refractivity contribution < 1.29 is 14.3 Å². The van der Waals surface area contributed by atoms with Gasteiger partial charge in [0.05, 0.1) is 12.5 Å². The molecule has 1 aromatic carbocycles. The van der Waals surface area contributed by atoms with Crippen molar-refractivity contribution in [3.63, 3.8) is 0 Å². The van der Waals surface area contributed by atoms with Crippen molar-refractivity contribution in [3.05, 3.63) is 41.0 Å². The molecule has 0 bridgehead atoms. The van der Waals surface area contributed by atoms with Crippen molar-refractivity contribution in [3.8, 4) is 11.6 Å². The summed E-state index contributed by atoms with van der Waals surface area (Å²) in [5, 5.41) is 3.79. The molecular weight excluding hydrogens is 362 g/mol. The monoisotopic (exact) mass is 383 g/mol. The lowest BCUT2D eigenvalue weighted by Crippen LogP contribution is -2.20. The van der Waals surface area contributed by atoms with Crippen LogP contribution in [0.25, 0.3) is 10.2 Å². The Morgan fingerprint density at radius 2 is 2.11 bits per heavy atom. The van der Waals surface area contributed by atoms with Crippen LogP contribution in [0.2, 0.25) is 0 Å². The lowest BCUT2D eigenvalue weighted by Gasteiger charge is -2.18. The van der Waals surface area contributed by atoms with E-state index in [2.05, 4.69) is 22.2 Å². The third-order valence-corrected chi connectivity index (χ3v) is 5.93. The molecule has 1 aliphatic carbocycles. The Labute approximate surface area is 161 Å². The smallest absolute Gasteiger partial charge is 0.262 e. The number of hydrogen-bond acceptors (Lipinski definition) is 6. The number of nitrogens with zero attached hydrogens (tertiary/aromatic N) is 2. The Morgan fingerprint density at radius 1 is 1.30 bits per heavy atom. The highest BCUT2D eigenvalue weighted by Crippen LogP contribution is 2.40. The van der Waals surface area contributed by atoms with E-state index in [-0.39, 0.29) is 12.5 Å². The second-order valence-electron chi connectivity index (χ2n) is 6.78. The number of rotatable bonds is 5. The number of methoxy groups -OCH3 is 1. The summed E-state index contributed by atoms with van der Waals surface area (Å²) in [4.78, 5) is 23.2. The van der Waals surface area contributed by atoms with Crippen molar-refractivity contribution in [1.82, 2.24) is 9.97 Å². The minimum atomic E-state index is -0.232. The molecule has 1 aliphatic rings. The highest BCUT2D eigenvalue weighted by molar-refractivity contribution is 7.18. The van der Waals surface area contributed by atoms with Crippen molar-refractivity contribution in [2.24, 2.45) is 5.92 Å². The molecule has 2 aromatic heterocycles. The Morgan fingerprint density at radius 3 is 2.89 bits per heavy atom. The third-order valence-electron chi connectivity index (χ3n) is 4.77. The van der Waals surface area contributed by atoms with E-state index < -0.39 is 0 Å². The highest BCUT2D eigenvalue weighted by atomic mass is 32.1. The molecule has 0 spiro atoms. The molecule has 0 fully saturated rings. The molecule has 1 N–H and O–H groups in total. The predicted octanol–water partition coefficient (Wildman–Crippen LogP) is 3.84. The second kappa shape index (κ2) is 7.52. The Hall–Kier alpha value is -2.67. The van der Waals surface area contributed by atoms with Gasteiger partial charge in [0.25, 0.3) is 5.91 Å². The minimum Gasteiger partial charge on any atom is -0.497 e. The van der Waals surface area contributed by atoms with E-state index in [0.717, 1.165) is 35.2 Å². The van der Waals surface area contributed by atoms with Crippen LogP contribution in [0.3, 0.4) is 0 Å². The normalized spacial score (nSPS) is 16.0. The summed E-state index contributed by atoms with van der Waals surface area (Å²) in [7, 11) is 1.60. The van der Waals surface area contributed by atoms with Crippen LogP contribution >= 0.6 is 11.3 Å². The van der Waals surface area contributed by atoms with Gasteiger partial charge in [0.2, 0.25) is 5.88 Å². The number of aromatic nitrogens is 2. The fourth-order valence-electron chi connectivity index (χ4n) is 3.36. The molecule has 4 rings (SSSR count). The fourth-order valence-corrected chi connectivity index (χ4v) is 4.70. The highest BCUT2D eigenvalue weighted by Gasteiger charge is 2.23. The molecule has 7 heteroatoms. The average Bonchev–Trinajstić information content (AvgIpc) is 3.05. The SMILES string of the molecule is COc1ccc(NC(=O)COc2ncnc3sc4c(c23)CCC(C)C4)cc1. The van der Waals surface area contributed by atoms with E-state index in [1.54, 1.807) is 42.7 Å². The number of benzene rings is 1. The maximum Gasteiger partial charge on any atom is 0.262 e. The van der Waals surface area contributed by atoms with Crippen molar-refractivity contribution in [2.75, 3.05) is 19.0 Å². The van der Waals surface area contributed by atoms with Gasteiger partial charge in [0, 0.05) is 10.6 Å². The maximum atomic E-state index is 12.2. The van der Waals surface area contributed by atoms with Gasteiger partial charge in [-0.25, -0.2) is 9.97 Å². The molecule has 2 heterocycles. The molecule has 1 atom stereocenters. The van der Waals surface area contributed by atoms with Crippen LogP contribution in [0.4, 0.5) is 5.69 Å². The van der Waals surface area contributed by atoms with E-state index in [0.29, 0.717) is 17.5 Å². The molecule has 0 aliphatic heterocycles. The van der Waals surface area contributed by atoms with Crippen LogP contribution < -0.4 is 14.8 Å². The minimum absolute atomic E-state index is 0.0981. The number of thiophene rings is 1. The Kier molecular flexibility index (Phi) is 4.94. The zero-order chi connectivity index (χ0) is 18.8. The fraction of sp³-hybridized carbons (Fsp3) is 0.350. The van der Waals surface area contributed by atoms with Crippen molar-refractivity contribution in [1.29, 1.82) is 0 Å². The van der Waals surface area contributed by atoms with E-state index >= 15 is 0 Å². The van der Waals surface area contributed by atoms with E-state index in [4.69, 9.17) is 9.47 Å². The van der Waals surface area contributed by atoms with E-state index in [1.165, 1.54) is 16.8 Å². The van der Waals surface area contributed by atoms with E-state index in [1.807, 2.05) is 0 Å². The van der Waals surface area contributed by atoms with Crippen molar-refractivity contribution in [2.45, 2.75) is 26.2 Å². The number of hydrogen-bond donors (Lipinski definition) is 1. The topological polar surface area (TPSA) is 73.3 Å². The largest absolute Gasteiger partial charge is 0.497 e. The van der Waals surface area contributed by atoms with Gasteiger partial charge < -0.3 is 14.8 Å². The zero-order valence-corrected chi connectivity index (χ0v) is 16.1. The van der Waals surface area contributed by atoms with Gasteiger partial charge in [-0.15, -0.1) is 11.3 Å².